The van der Waals surface area contributed by atoms with Gasteiger partial charge in [0.05, 0.1) is 7.11 Å². The third-order valence-corrected chi connectivity index (χ3v) is 3.24. The molecule has 0 saturated heterocycles. The van der Waals surface area contributed by atoms with Gasteiger partial charge in [-0.2, -0.15) is 0 Å². The second-order valence-corrected chi connectivity index (χ2v) is 4.67. The highest BCUT2D eigenvalue weighted by atomic mass is 16.5. The minimum Gasteiger partial charge on any atom is -0.481 e. The Morgan fingerprint density at radius 2 is 2.21 bits per heavy atom. The molecule has 0 aliphatic heterocycles. The molecule has 1 aromatic rings. The largest absolute Gasteiger partial charge is 0.481 e. The minimum atomic E-state index is 0.131. The quantitative estimate of drug-likeness (QED) is 0.785. The summed E-state index contributed by atoms with van der Waals surface area (Å²) in [6.07, 6.45) is 5.83. The predicted octanol–water partition coefficient (Wildman–Crippen LogP) is 2.92. The van der Waals surface area contributed by atoms with Gasteiger partial charge in [0.1, 0.15) is 0 Å². The Morgan fingerprint density at radius 1 is 1.42 bits per heavy atom. The Morgan fingerprint density at radius 3 is 2.74 bits per heavy atom. The molecule has 1 unspecified atom stereocenters. The van der Waals surface area contributed by atoms with Gasteiger partial charge in [-0.3, -0.25) is 4.79 Å². The molecule has 0 aliphatic carbocycles. The zero-order chi connectivity index (χ0) is 14.1. The highest BCUT2D eigenvalue weighted by Gasteiger charge is 2.15. The van der Waals surface area contributed by atoms with Gasteiger partial charge in [0.2, 0.25) is 11.8 Å². The Kier molecular flexibility index (Phi) is 6.93. The van der Waals surface area contributed by atoms with Gasteiger partial charge < -0.3 is 10.1 Å². The van der Waals surface area contributed by atoms with Crippen LogP contribution in [-0.2, 0) is 11.3 Å². The molecule has 0 saturated carbocycles. The second-order valence-electron chi connectivity index (χ2n) is 4.67. The van der Waals surface area contributed by atoms with E-state index in [0.717, 1.165) is 31.2 Å². The van der Waals surface area contributed by atoms with Crippen molar-refractivity contribution >= 4 is 5.91 Å². The van der Waals surface area contributed by atoms with Crippen molar-refractivity contribution in [2.45, 2.75) is 46.1 Å². The van der Waals surface area contributed by atoms with Crippen LogP contribution in [0.2, 0.25) is 0 Å². The van der Waals surface area contributed by atoms with Crippen LogP contribution in [-0.4, -0.2) is 18.0 Å². The molecule has 1 amide bonds. The van der Waals surface area contributed by atoms with E-state index in [2.05, 4.69) is 24.1 Å². The Balaban J connectivity index is 2.43. The molecular weight excluding hydrogens is 240 g/mol. The minimum absolute atomic E-state index is 0.131. The van der Waals surface area contributed by atoms with Crippen LogP contribution in [0.25, 0.3) is 0 Å². The van der Waals surface area contributed by atoms with E-state index >= 15 is 0 Å². The van der Waals surface area contributed by atoms with Gasteiger partial charge in [0.15, 0.2) is 0 Å². The Hall–Kier alpha value is -1.58. The van der Waals surface area contributed by atoms with Crippen LogP contribution in [0.1, 0.15) is 45.1 Å². The van der Waals surface area contributed by atoms with Crippen molar-refractivity contribution in [3.63, 3.8) is 0 Å². The number of hydrogen-bond donors (Lipinski definition) is 1. The number of amides is 1. The summed E-state index contributed by atoms with van der Waals surface area (Å²) in [6, 6.07) is 3.72. The van der Waals surface area contributed by atoms with Gasteiger partial charge >= 0.3 is 0 Å². The summed E-state index contributed by atoms with van der Waals surface area (Å²) >= 11 is 0. The van der Waals surface area contributed by atoms with Crippen LogP contribution in [0.4, 0.5) is 0 Å². The fraction of sp³-hybridized carbons (Fsp3) is 0.600. The van der Waals surface area contributed by atoms with Crippen molar-refractivity contribution < 1.29 is 9.53 Å². The summed E-state index contributed by atoms with van der Waals surface area (Å²) in [4.78, 5) is 16.1. The summed E-state index contributed by atoms with van der Waals surface area (Å²) in [5, 5.41) is 2.98. The monoisotopic (exact) mass is 264 g/mol. The normalized spacial score (nSPS) is 11.9. The van der Waals surface area contributed by atoms with Gasteiger partial charge in [-0.05, 0) is 18.4 Å². The maximum absolute atomic E-state index is 12.0. The fourth-order valence-corrected chi connectivity index (χ4v) is 1.94. The van der Waals surface area contributed by atoms with Crippen LogP contribution in [0, 0.1) is 5.92 Å². The number of hydrogen-bond acceptors (Lipinski definition) is 3. The molecule has 0 aromatic carbocycles. The number of nitrogens with zero attached hydrogens (tertiary/aromatic N) is 1. The molecule has 0 spiro atoms. The molecule has 0 radical (unpaired) electrons. The highest BCUT2D eigenvalue weighted by molar-refractivity contribution is 5.78. The molecular formula is C15H24N2O2. The summed E-state index contributed by atoms with van der Waals surface area (Å²) < 4.78 is 5.00. The summed E-state index contributed by atoms with van der Waals surface area (Å²) in [7, 11) is 1.59. The molecule has 0 aliphatic rings. The van der Waals surface area contributed by atoms with Crippen LogP contribution in [0.3, 0.4) is 0 Å². The van der Waals surface area contributed by atoms with Crippen LogP contribution >= 0.6 is 0 Å². The number of nitrogens with one attached hydrogen (secondary N) is 1. The fourth-order valence-electron chi connectivity index (χ4n) is 1.94. The van der Waals surface area contributed by atoms with Gasteiger partial charge in [-0.25, -0.2) is 4.98 Å². The van der Waals surface area contributed by atoms with E-state index in [0.29, 0.717) is 12.4 Å². The van der Waals surface area contributed by atoms with Gasteiger partial charge in [-0.15, -0.1) is 0 Å². The first-order chi connectivity index (χ1) is 9.21. The van der Waals surface area contributed by atoms with E-state index < -0.39 is 0 Å². The lowest BCUT2D eigenvalue weighted by Crippen LogP contribution is -2.30. The molecule has 0 fully saturated rings. The molecule has 1 atom stereocenters. The standard InChI is InChI=1S/C15H24N2O2/c1-4-6-7-13(5-2)15(18)17-11-12-8-9-14(19-3)16-10-12/h8-10,13H,4-7,11H2,1-3H3,(H,17,18). The van der Waals surface area contributed by atoms with E-state index in [9.17, 15) is 4.79 Å². The maximum atomic E-state index is 12.0. The molecule has 19 heavy (non-hydrogen) atoms. The molecule has 1 N–H and O–H groups in total. The maximum Gasteiger partial charge on any atom is 0.223 e. The molecule has 1 aromatic heterocycles. The van der Waals surface area contributed by atoms with Crippen LogP contribution in [0.5, 0.6) is 5.88 Å². The number of methoxy groups -OCH3 is 1. The second kappa shape index (κ2) is 8.51. The first kappa shape index (κ1) is 15.5. The predicted molar refractivity (Wildman–Crippen MR) is 75.9 cm³/mol. The van der Waals surface area contributed by atoms with Gasteiger partial charge in [0.25, 0.3) is 0 Å². The number of carbonyl (C=O) groups is 1. The zero-order valence-electron chi connectivity index (χ0n) is 12.1. The number of carbonyl (C=O) groups excluding carboxylic acids is 1. The summed E-state index contributed by atoms with van der Waals surface area (Å²) in [5.41, 5.74) is 0.986. The highest BCUT2D eigenvalue weighted by Crippen LogP contribution is 2.13. The molecule has 1 heterocycles. The van der Waals surface area contributed by atoms with Gasteiger partial charge in [0, 0.05) is 24.7 Å². The van der Waals surface area contributed by atoms with Crippen molar-refractivity contribution in [3.8, 4) is 5.88 Å². The Bertz CT molecular complexity index is 376. The number of aromatic nitrogens is 1. The van der Waals surface area contributed by atoms with Crippen LogP contribution in [0.15, 0.2) is 18.3 Å². The smallest absolute Gasteiger partial charge is 0.223 e. The van der Waals surface area contributed by atoms with E-state index in [-0.39, 0.29) is 11.8 Å². The average molecular weight is 264 g/mol. The van der Waals surface area contributed by atoms with E-state index in [4.69, 9.17) is 4.74 Å². The lowest BCUT2D eigenvalue weighted by molar-refractivity contribution is -0.125. The van der Waals surface area contributed by atoms with E-state index in [1.807, 2.05) is 6.07 Å². The average Bonchev–Trinajstić information content (AvgIpc) is 2.46. The van der Waals surface area contributed by atoms with E-state index in [1.54, 1.807) is 19.4 Å². The third kappa shape index (κ3) is 5.28. The molecule has 4 heteroatoms. The molecule has 4 nitrogen and oxygen atoms in total. The van der Waals surface area contributed by atoms with Crippen molar-refractivity contribution in [2.24, 2.45) is 5.92 Å². The molecule has 0 bridgehead atoms. The Labute approximate surface area is 115 Å². The van der Waals surface area contributed by atoms with E-state index in [1.165, 1.54) is 0 Å². The lowest BCUT2D eigenvalue weighted by Gasteiger charge is -2.14. The molecule has 106 valence electrons. The lowest BCUT2D eigenvalue weighted by atomic mass is 9.98. The number of ether oxygens (including phenoxy) is 1. The number of rotatable bonds is 8. The van der Waals surface area contributed by atoms with Crippen LogP contribution < -0.4 is 10.1 Å². The summed E-state index contributed by atoms with van der Waals surface area (Å²) in [5.74, 6) is 0.863. The first-order valence-electron chi connectivity index (χ1n) is 6.97. The van der Waals surface area contributed by atoms with Gasteiger partial charge in [-0.1, -0.05) is 32.8 Å². The first-order valence-corrected chi connectivity index (χ1v) is 6.97. The zero-order valence-corrected chi connectivity index (χ0v) is 12.1. The van der Waals surface area contributed by atoms with Crippen molar-refractivity contribution in [2.75, 3.05) is 7.11 Å². The van der Waals surface area contributed by atoms with Crippen molar-refractivity contribution in [1.29, 1.82) is 0 Å². The third-order valence-electron chi connectivity index (χ3n) is 3.24. The number of pyridine rings is 1. The molecule has 1 rings (SSSR count). The number of unbranched alkanes of at least 4 members (excludes halogenated alkanes) is 1. The van der Waals surface area contributed by atoms with Crippen molar-refractivity contribution in [3.05, 3.63) is 23.9 Å². The SMILES string of the molecule is CCCCC(CC)C(=O)NCc1ccc(OC)nc1. The van der Waals surface area contributed by atoms with Crippen molar-refractivity contribution in [1.82, 2.24) is 10.3 Å². The topological polar surface area (TPSA) is 51.2 Å². The summed E-state index contributed by atoms with van der Waals surface area (Å²) in [6.45, 7) is 4.74.